The Balaban J connectivity index is 2.31. The van der Waals surface area contributed by atoms with E-state index in [-0.39, 0.29) is 12.5 Å². The summed E-state index contributed by atoms with van der Waals surface area (Å²) in [6, 6.07) is 0.0359. The van der Waals surface area contributed by atoms with Crippen LogP contribution in [0.3, 0.4) is 0 Å². The van der Waals surface area contributed by atoms with E-state index < -0.39 is 12.6 Å². The van der Waals surface area contributed by atoms with Crippen LogP contribution in [0, 0.1) is 11.8 Å². The zero-order chi connectivity index (χ0) is 14.3. The average molecular weight is 279 g/mol. The van der Waals surface area contributed by atoms with Crippen molar-refractivity contribution >= 4 is 0 Å². The summed E-state index contributed by atoms with van der Waals surface area (Å²) in [5.41, 5.74) is 0. The van der Waals surface area contributed by atoms with Gasteiger partial charge >= 0.3 is 6.18 Å². The lowest BCUT2D eigenvalue weighted by Gasteiger charge is -2.34. The Morgan fingerprint density at radius 2 is 1.79 bits per heavy atom. The fourth-order valence-corrected chi connectivity index (χ4v) is 3.31. The molecule has 0 bridgehead atoms. The molecule has 1 nitrogen and oxygen atoms in total. The summed E-state index contributed by atoms with van der Waals surface area (Å²) < 4.78 is 36.9. The molecule has 0 aromatic rings. The molecular formula is C15H28F3N. The lowest BCUT2D eigenvalue weighted by molar-refractivity contribution is -0.137. The van der Waals surface area contributed by atoms with Crippen LogP contribution in [0.25, 0.3) is 0 Å². The summed E-state index contributed by atoms with van der Waals surface area (Å²) in [5.74, 6) is 1.25. The molecule has 0 radical (unpaired) electrons. The van der Waals surface area contributed by atoms with Crippen LogP contribution in [-0.4, -0.2) is 19.3 Å². The summed E-state index contributed by atoms with van der Waals surface area (Å²) in [5, 5.41) is 3.10. The van der Waals surface area contributed by atoms with E-state index in [4.69, 9.17) is 0 Å². The minimum atomic E-state index is -4.02. The Hall–Kier alpha value is -0.250. The van der Waals surface area contributed by atoms with Crippen molar-refractivity contribution < 1.29 is 13.2 Å². The fraction of sp³-hybridized carbons (Fsp3) is 1.00. The molecule has 0 amide bonds. The maximum absolute atomic E-state index is 12.3. The molecule has 0 spiro atoms. The fourth-order valence-electron chi connectivity index (χ4n) is 3.31. The van der Waals surface area contributed by atoms with E-state index in [1.807, 2.05) is 0 Å². The molecule has 1 aliphatic carbocycles. The zero-order valence-corrected chi connectivity index (χ0v) is 12.2. The third kappa shape index (κ3) is 6.64. The molecule has 1 fully saturated rings. The molecule has 19 heavy (non-hydrogen) atoms. The first kappa shape index (κ1) is 16.8. The summed E-state index contributed by atoms with van der Waals surface area (Å²) >= 11 is 0. The van der Waals surface area contributed by atoms with E-state index in [9.17, 15) is 13.2 Å². The highest BCUT2D eigenvalue weighted by Crippen LogP contribution is 2.35. The monoisotopic (exact) mass is 279 g/mol. The SMILES string of the molecule is CCCCC1CCC(C(CCC(F)(F)F)NC)CC1. The number of hydrogen-bond acceptors (Lipinski definition) is 1. The minimum Gasteiger partial charge on any atom is -0.317 e. The van der Waals surface area contributed by atoms with Gasteiger partial charge in [-0.2, -0.15) is 13.2 Å². The van der Waals surface area contributed by atoms with Gasteiger partial charge in [-0.1, -0.05) is 39.0 Å². The van der Waals surface area contributed by atoms with Gasteiger partial charge in [-0.25, -0.2) is 0 Å². The Bertz CT molecular complexity index is 232. The summed E-state index contributed by atoms with van der Waals surface area (Å²) in [6.45, 7) is 2.21. The minimum absolute atomic E-state index is 0.0359. The highest BCUT2D eigenvalue weighted by Gasteiger charge is 2.32. The van der Waals surface area contributed by atoms with Crippen LogP contribution >= 0.6 is 0 Å². The predicted molar refractivity (Wildman–Crippen MR) is 73.1 cm³/mol. The average Bonchev–Trinajstić information content (AvgIpc) is 2.37. The van der Waals surface area contributed by atoms with Crippen molar-refractivity contribution in [2.75, 3.05) is 7.05 Å². The third-order valence-electron chi connectivity index (χ3n) is 4.54. The number of alkyl halides is 3. The second kappa shape index (κ2) is 8.13. The van der Waals surface area contributed by atoms with E-state index >= 15 is 0 Å². The van der Waals surface area contributed by atoms with Crippen LogP contribution in [0.4, 0.5) is 13.2 Å². The van der Waals surface area contributed by atoms with Gasteiger partial charge in [-0.05, 0) is 38.1 Å². The maximum atomic E-state index is 12.3. The third-order valence-corrected chi connectivity index (χ3v) is 4.54. The molecule has 1 unspecified atom stereocenters. The van der Waals surface area contributed by atoms with E-state index in [1.165, 1.54) is 32.1 Å². The Morgan fingerprint density at radius 3 is 2.26 bits per heavy atom. The topological polar surface area (TPSA) is 12.0 Å². The van der Waals surface area contributed by atoms with Gasteiger partial charge in [-0.3, -0.25) is 0 Å². The van der Waals surface area contributed by atoms with Gasteiger partial charge in [0.05, 0.1) is 0 Å². The van der Waals surface area contributed by atoms with Gasteiger partial charge in [0.1, 0.15) is 0 Å². The molecule has 1 N–H and O–H groups in total. The molecular weight excluding hydrogens is 251 g/mol. The van der Waals surface area contributed by atoms with Crippen LogP contribution in [-0.2, 0) is 0 Å². The zero-order valence-electron chi connectivity index (χ0n) is 12.2. The molecule has 0 aliphatic heterocycles. The smallest absolute Gasteiger partial charge is 0.317 e. The Labute approximate surface area is 115 Å². The first-order valence-corrected chi connectivity index (χ1v) is 7.70. The first-order chi connectivity index (χ1) is 8.96. The second-order valence-corrected chi connectivity index (χ2v) is 5.97. The van der Waals surface area contributed by atoms with Crippen LogP contribution in [0.2, 0.25) is 0 Å². The molecule has 1 saturated carbocycles. The molecule has 0 saturated heterocycles. The standard InChI is InChI=1S/C15H28F3N/c1-3-4-5-12-6-8-13(9-7-12)14(19-2)10-11-15(16,17)18/h12-14,19H,3-11H2,1-2H3. The normalized spacial score (nSPS) is 26.4. The van der Waals surface area contributed by atoms with Crippen LogP contribution in [0.1, 0.15) is 64.7 Å². The molecule has 0 aromatic heterocycles. The van der Waals surface area contributed by atoms with Crippen molar-refractivity contribution in [2.24, 2.45) is 11.8 Å². The van der Waals surface area contributed by atoms with Gasteiger partial charge in [-0.15, -0.1) is 0 Å². The van der Waals surface area contributed by atoms with Gasteiger partial charge in [0.25, 0.3) is 0 Å². The van der Waals surface area contributed by atoms with Crippen LogP contribution < -0.4 is 5.32 Å². The quantitative estimate of drug-likeness (QED) is 0.698. The molecule has 1 rings (SSSR count). The molecule has 1 aliphatic rings. The van der Waals surface area contributed by atoms with E-state index in [0.29, 0.717) is 5.92 Å². The number of nitrogens with one attached hydrogen (secondary N) is 1. The first-order valence-electron chi connectivity index (χ1n) is 7.70. The van der Waals surface area contributed by atoms with E-state index in [1.54, 1.807) is 7.05 Å². The second-order valence-electron chi connectivity index (χ2n) is 5.97. The van der Waals surface area contributed by atoms with Crippen molar-refractivity contribution in [3.63, 3.8) is 0 Å². The van der Waals surface area contributed by atoms with Crippen LogP contribution in [0.15, 0.2) is 0 Å². The molecule has 0 aromatic carbocycles. The van der Waals surface area contributed by atoms with Crippen molar-refractivity contribution in [1.29, 1.82) is 0 Å². The van der Waals surface area contributed by atoms with Gasteiger partial charge in [0.15, 0.2) is 0 Å². The van der Waals surface area contributed by atoms with Gasteiger partial charge < -0.3 is 5.32 Å². The number of halogens is 3. The Kier molecular flexibility index (Phi) is 7.19. The maximum Gasteiger partial charge on any atom is 0.389 e. The van der Waals surface area contributed by atoms with Gasteiger partial charge in [0, 0.05) is 12.5 Å². The number of rotatable bonds is 7. The summed E-state index contributed by atoms with van der Waals surface area (Å²) in [7, 11) is 1.80. The number of unbranched alkanes of at least 4 members (excludes halogenated alkanes) is 1. The molecule has 4 heteroatoms. The van der Waals surface area contributed by atoms with E-state index in [2.05, 4.69) is 12.2 Å². The highest BCUT2D eigenvalue weighted by atomic mass is 19.4. The largest absolute Gasteiger partial charge is 0.389 e. The molecule has 114 valence electrons. The van der Waals surface area contributed by atoms with Crippen LogP contribution in [0.5, 0.6) is 0 Å². The summed E-state index contributed by atoms with van der Waals surface area (Å²) in [6.07, 6.45) is 3.98. The molecule has 0 heterocycles. The van der Waals surface area contributed by atoms with Gasteiger partial charge in [0.2, 0.25) is 0 Å². The lowest BCUT2D eigenvalue weighted by Crippen LogP contribution is -2.36. The van der Waals surface area contributed by atoms with Crippen molar-refractivity contribution in [2.45, 2.75) is 76.9 Å². The summed E-state index contributed by atoms with van der Waals surface area (Å²) in [4.78, 5) is 0. The predicted octanol–water partition coefficient (Wildman–Crippen LogP) is 4.91. The highest BCUT2D eigenvalue weighted by molar-refractivity contribution is 4.81. The van der Waals surface area contributed by atoms with Crippen molar-refractivity contribution in [1.82, 2.24) is 5.32 Å². The number of hydrogen-bond donors (Lipinski definition) is 1. The Morgan fingerprint density at radius 1 is 1.16 bits per heavy atom. The lowest BCUT2D eigenvalue weighted by atomic mass is 9.76. The molecule has 1 atom stereocenters. The van der Waals surface area contributed by atoms with Crippen molar-refractivity contribution in [3.05, 3.63) is 0 Å². The van der Waals surface area contributed by atoms with Crippen molar-refractivity contribution in [3.8, 4) is 0 Å². The van der Waals surface area contributed by atoms with E-state index in [0.717, 1.165) is 18.8 Å².